The van der Waals surface area contributed by atoms with Crippen molar-refractivity contribution in [2.24, 2.45) is 0 Å². The van der Waals surface area contributed by atoms with Gasteiger partial charge in [-0.1, -0.05) is 19.1 Å². The first-order valence-corrected chi connectivity index (χ1v) is 8.07. The first-order chi connectivity index (χ1) is 9.01. The van der Waals surface area contributed by atoms with Gasteiger partial charge in [0.1, 0.15) is 0 Å². The fourth-order valence-electron chi connectivity index (χ4n) is 1.92. The minimum Gasteiger partial charge on any atom is -0.399 e. The Labute approximate surface area is 115 Å². The maximum absolute atomic E-state index is 12.2. The molecule has 19 heavy (non-hydrogen) atoms. The zero-order valence-corrected chi connectivity index (χ0v) is 12.0. The van der Waals surface area contributed by atoms with Gasteiger partial charge in [-0.05, 0) is 37.0 Å². The number of hydrogen-bond donors (Lipinski definition) is 2. The minimum atomic E-state index is -3.39. The van der Waals surface area contributed by atoms with E-state index in [0.29, 0.717) is 18.8 Å². The summed E-state index contributed by atoms with van der Waals surface area (Å²) >= 11 is 0. The molecule has 3 N–H and O–H groups in total. The fourth-order valence-corrected chi connectivity index (χ4v) is 3.46. The molecule has 0 atom stereocenters. The van der Waals surface area contributed by atoms with E-state index in [2.05, 4.69) is 4.72 Å². The second-order valence-corrected chi connectivity index (χ2v) is 6.68. The molecule has 0 spiro atoms. The second kappa shape index (κ2) is 5.90. The number of nitrogen functional groups attached to an aromatic ring is 1. The summed E-state index contributed by atoms with van der Waals surface area (Å²) in [6.45, 7) is 2.84. The smallest absolute Gasteiger partial charge is 0.280 e. The largest absolute Gasteiger partial charge is 0.399 e. The lowest BCUT2D eigenvalue weighted by Gasteiger charge is -2.22. The zero-order valence-electron chi connectivity index (χ0n) is 11.2. The Morgan fingerprint density at radius 3 is 2.74 bits per heavy atom. The summed E-state index contributed by atoms with van der Waals surface area (Å²) in [6.07, 6.45) is 2.67. The van der Waals surface area contributed by atoms with E-state index in [0.717, 1.165) is 24.8 Å². The number of nitrogens with one attached hydrogen (secondary N) is 1. The molecule has 0 amide bonds. The molecule has 6 heteroatoms. The predicted octanol–water partition coefficient (Wildman–Crippen LogP) is 1.48. The third-order valence-electron chi connectivity index (χ3n) is 3.02. The van der Waals surface area contributed by atoms with Crippen molar-refractivity contribution < 1.29 is 8.42 Å². The van der Waals surface area contributed by atoms with Crippen molar-refractivity contribution >= 4 is 15.9 Å². The van der Waals surface area contributed by atoms with Crippen molar-refractivity contribution in [3.05, 3.63) is 29.8 Å². The third kappa shape index (κ3) is 4.19. The van der Waals surface area contributed by atoms with Crippen molar-refractivity contribution in [1.82, 2.24) is 9.03 Å². The topological polar surface area (TPSA) is 75.4 Å². The van der Waals surface area contributed by atoms with Crippen LogP contribution in [0.5, 0.6) is 0 Å². The Morgan fingerprint density at radius 2 is 2.16 bits per heavy atom. The molecule has 1 aromatic carbocycles. The molecular formula is C13H21N3O2S. The quantitative estimate of drug-likeness (QED) is 0.744. The molecule has 1 aromatic rings. The van der Waals surface area contributed by atoms with Crippen LogP contribution in [0.15, 0.2) is 24.3 Å². The fraction of sp³-hybridized carbons (Fsp3) is 0.538. The standard InChI is InChI=1S/C13H21N3O2S/c1-2-8-16(19(17,18)15-13-6-7-13)10-11-4-3-5-12(14)9-11/h3-5,9,13,15H,2,6-8,10,14H2,1H3. The normalized spacial score (nSPS) is 15.9. The van der Waals surface area contributed by atoms with E-state index in [9.17, 15) is 8.42 Å². The van der Waals surface area contributed by atoms with Gasteiger partial charge in [-0.3, -0.25) is 0 Å². The minimum absolute atomic E-state index is 0.130. The van der Waals surface area contributed by atoms with Crippen LogP contribution in [0.4, 0.5) is 5.69 Å². The molecule has 106 valence electrons. The third-order valence-corrected chi connectivity index (χ3v) is 4.64. The van der Waals surface area contributed by atoms with Crippen LogP contribution in [0.2, 0.25) is 0 Å². The van der Waals surface area contributed by atoms with Gasteiger partial charge in [-0.15, -0.1) is 0 Å². The van der Waals surface area contributed by atoms with Gasteiger partial charge < -0.3 is 5.73 Å². The van der Waals surface area contributed by atoms with Gasteiger partial charge in [0.15, 0.2) is 0 Å². The van der Waals surface area contributed by atoms with E-state index in [1.54, 1.807) is 6.07 Å². The van der Waals surface area contributed by atoms with Crippen LogP contribution in [0.3, 0.4) is 0 Å². The lowest BCUT2D eigenvalue weighted by Crippen LogP contribution is -2.41. The summed E-state index contributed by atoms with van der Waals surface area (Å²) in [5.74, 6) is 0. The van der Waals surface area contributed by atoms with Gasteiger partial charge in [0.25, 0.3) is 10.2 Å². The number of nitrogens with two attached hydrogens (primary N) is 1. The molecule has 5 nitrogen and oxygen atoms in total. The summed E-state index contributed by atoms with van der Waals surface area (Å²) in [6, 6.07) is 7.48. The lowest BCUT2D eigenvalue weighted by atomic mass is 10.2. The van der Waals surface area contributed by atoms with Crippen LogP contribution < -0.4 is 10.5 Å². The summed E-state index contributed by atoms with van der Waals surface area (Å²) < 4.78 is 28.7. The average molecular weight is 283 g/mol. The average Bonchev–Trinajstić information content (AvgIpc) is 3.12. The molecule has 1 saturated carbocycles. The van der Waals surface area contributed by atoms with Crippen LogP contribution >= 0.6 is 0 Å². The maximum atomic E-state index is 12.2. The van der Waals surface area contributed by atoms with Crippen molar-refractivity contribution in [2.75, 3.05) is 12.3 Å². The molecule has 0 bridgehead atoms. The van der Waals surface area contributed by atoms with Crippen molar-refractivity contribution in [2.45, 2.75) is 38.8 Å². The van der Waals surface area contributed by atoms with Gasteiger partial charge in [0.2, 0.25) is 0 Å². The van der Waals surface area contributed by atoms with E-state index in [1.807, 2.05) is 25.1 Å². The Hall–Kier alpha value is -1.11. The van der Waals surface area contributed by atoms with E-state index in [1.165, 1.54) is 4.31 Å². The van der Waals surface area contributed by atoms with E-state index >= 15 is 0 Å². The highest BCUT2D eigenvalue weighted by atomic mass is 32.2. The summed E-state index contributed by atoms with van der Waals surface area (Å²) in [5, 5.41) is 0. The molecule has 0 unspecified atom stereocenters. The van der Waals surface area contributed by atoms with Gasteiger partial charge >= 0.3 is 0 Å². The van der Waals surface area contributed by atoms with E-state index in [4.69, 9.17) is 5.73 Å². The zero-order chi connectivity index (χ0) is 13.9. The Balaban J connectivity index is 2.10. The highest BCUT2D eigenvalue weighted by Crippen LogP contribution is 2.21. The summed E-state index contributed by atoms with van der Waals surface area (Å²) in [5.41, 5.74) is 7.29. The number of rotatable bonds is 7. The highest BCUT2D eigenvalue weighted by molar-refractivity contribution is 7.87. The number of anilines is 1. The number of nitrogens with zero attached hydrogens (tertiary/aromatic N) is 1. The highest BCUT2D eigenvalue weighted by Gasteiger charge is 2.30. The van der Waals surface area contributed by atoms with E-state index in [-0.39, 0.29) is 6.04 Å². The Kier molecular flexibility index (Phi) is 4.44. The van der Waals surface area contributed by atoms with Crippen LogP contribution in [-0.2, 0) is 16.8 Å². The van der Waals surface area contributed by atoms with Crippen LogP contribution in [-0.4, -0.2) is 25.3 Å². The molecule has 2 rings (SSSR count). The van der Waals surface area contributed by atoms with Crippen molar-refractivity contribution in [3.63, 3.8) is 0 Å². The Morgan fingerprint density at radius 1 is 1.42 bits per heavy atom. The number of benzene rings is 1. The first kappa shape index (κ1) is 14.3. The Bertz CT molecular complexity index is 526. The van der Waals surface area contributed by atoms with Gasteiger partial charge in [0, 0.05) is 24.8 Å². The summed E-state index contributed by atoms with van der Waals surface area (Å²) in [4.78, 5) is 0. The van der Waals surface area contributed by atoms with Crippen molar-refractivity contribution in [1.29, 1.82) is 0 Å². The van der Waals surface area contributed by atoms with Crippen LogP contribution in [0.25, 0.3) is 0 Å². The molecule has 1 aliphatic carbocycles. The number of hydrogen-bond acceptors (Lipinski definition) is 3. The first-order valence-electron chi connectivity index (χ1n) is 6.63. The monoisotopic (exact) mass is 283 g/mol. The van der Waals surface area contributed by atoms with Crippen molar-refractivity contribution in [3.8, 4) is 0 Å². The molecular weight excluding hydrogens is 262 g/mol. The molecule has 0 aliphatic heterocycles. The molecule has 1 fully saturated rings. The van der Waals surface area contributed by atoms with Crippen LogP contribution in [0, 0.1) is 0 Å². The SMILES string of the molecule is CCCN(Cc1cccc(N)c1)S(=O)(=O)NC1CC1. The van der Waals surface area contributed by atoms with Gasteiger partial charge in [-0.25, -0.2) is 0 Å². The lowest BCUT2D eigenvalue weighted by molar-refractivity contribution is 0.397. The molecule has 0 saturated heterocycles. The van der Waals surface area contributed by atoms with E-state index < -0.39 is 10.2 Å². The van der Waals surface area contributed by atoms with Gasteiger partial charge in [-0.2, -0.15) is 17.4 Å². The second-order valence-electron chi connectivity index (χ2n) is 4.98. The molecule has 0 radical (unpaired) electrons. The molecule has 0 aromatic heterocycles. The van der Waals surface area contributed by atoms with Crippen LogP contribution in [0.1, 0.15) is 31.7 Å². The predicted molar refractivity (Wildman–Crippen MR) is 76.6 cm³/mol. The van der Waals surface area contributed by atoms with Gasteiger partial charge in [0.05, 0.1) is 0 Å². The molecule has 1 aliphatic rings. The maximum Gasteiger partial charge on any atom is 0.280 e. The molecule has 0 heterocycles. The summed E-state index contributed by atoms with van der Waals surface area (Å²) in [7, 11) is -3.39.